The Morgan fingerprint density at radius 2 is 1.68 bits per heavy atom. The molecular formula is C25H30FN3O2. The average molecular weight is 424 g/mol. The summed E-state index contributed by atoms with van der Waals surface area (Å²) in [5, 5.41) is 2.80. The van der Waals surface area contributed by atoms with Gasteiger partial charge < -0.3 is 15.1 Å². The third-order valence-corrected chi connectivity index (χ3v) is 6.45. The van der Waals surface area contributed by atoms with Gasteiger partial charge in [-0.1, -0.05) is 31.7 Å². The molecule has 0 atom stereocenters. The van der Waals surface area contributed by atoms with Crippen LogP contribution in [0.4, 0.5) is 15.8 Å². The van der Waals surface area contributed by atoms with Gasteiger partial charge in [-0.25, -0.2) is 4.39 Å². The van der Waals surface area contributed by atoms with Crippen LogP contribution < -0.4 is 10.2 Å². The molecule has 4 rings (SSSR count). The van der Waals surface area contributed by atoms with Crippen molar-refractivity contribution in [2.45, 2.75) is 38.5 Å². The maximum absolute atomic E-state index is 13.3. The first-order chi connectivity index (χ1) is 15.1. The first kappa shape index (κ1) is 21.3. The minimum atomic E-state index is -0.431. The number of hydrogen-bond acceptors (Lipinski definition) is 3. The molecule has 6 heteroatoms. The van der Waals surface area contributed by atoms with Gasteiger partial charge in [0.05, 0.1) is 0 Å². The second-order valence-corrected chi connectivity index (χ2v) is 8.57. The fourth-order valence-corrected chi connectivity index (χ4v) is 4.59. The lowest BCUT2D eigenvalue weighted by atomic mass is 10.0. The average Bonchev–Trinajstić information content (AvgIpc) is 3.32. The van der Waals surface area contributed by atoms with Crippen molar-refractivity contribution in [3.8, 4) is 0 Å². The number of carbonyl (C=O) groups excluding carboxylic acids is 2. The zero-order valence-corrected chi connectivity index (χ0v) is 17.9. The van der Waals surface area contributed by atoms with Gasteiger partial charge in [0.2, 0.25) is 5.91 Å². The number of nitrogens with one attached hydrogen (secondary N) is 1. The Balaban J connectivity index is 1.25. The fraction of sp³-hybridized carbons (Fsp3) is 0.440. The molecule has 2 aliphatic rings. The van der Waals surface area contributed by atoms with Crippen molar-refractivity contribution in [1.82, 2.24) is 4.90 Å². The Hall–Kier alpha value is -2.89. The summed E-state index contributed by atoms with van der Waals surface area (Å²) in [4.78, 5) is 29.1. The number of anilines is 2. The zero-order valence-electron chi connectivity index (χ0n) is 17.9. The van der Waals surface area contributed by atoms with Gasteiger partial charge in [0.25, 0.3) is 5.91 Å². The number of halogens is 1. The minimum Gasteiger partial charge on any atom is -0.368 e. The van der Waals surface area contributed by atoms with E-state index in [0.717, 1.165) is 44.2 Å². The van der Waals surface area contributed by atoms with E-state index in [1.54, 1.807) is 6.07 Å². The fourth-order valence-electron chi connectivity index (χ4n) is 4.59. The van der Waals surface area contributed by atoms with Crippen LogP contribution >= 0.6 is 0 Å². The van der Waals surface area contributed by atoms with Crippen LogP contribution in [0.15, 0.2) is 48.5 Å². The van der Waals surface area contributed by atoms with E-state index in [0.29, 0.717) is 18.0 Å². The van der Waals surface area contributed by atoms with Crippen molar-refractivity contribution >= 4 is 23.2 Å². The molecule has 1 N–H and O–H groups in total. The topological polar surface area (TPSA) is 52.7 Å². The van der Waals surface area contributed by atoms with Crippen LogP contribution in [0.5, 0.6) is 0 Å². The Morgan fingerprint density at radius 3 is 2.35 bits per heavy atom. The Kier molecular flexibility index (Phi) is 6.85. The van der Waals surface area contributed by atoms with E-state index in [1.165, 1.54) is 43.9 Å². The molecule has 1 saturated carbocycles. The highest BCUT2D eigenvalue weighted by molar-refractivity contribution is 6.04. The van der Waals surface area contributed by atoms with Gasteiger partial charge in [0.15, 0.2) is 0 Å². The third kappa shape index (κ3) is 5.63. The molecule has 0 bridgehead atoms. The molecule has 2 aromatic carbocycles. The SMILES string of the molecule is O=C(Nc1ccc(N2CCN(C(=O)CCC3CCCC3)CC2)cc1)c1cccc(F)c1. The monoisotopic (exact) mass is 423 g/mol. The molecular weight excluding hydrogens is 393 g/mol. The molecule has 5 nitrogen and oxygen atoms in total. The maximum Gasteiger partial charge on any atom is 0.255 e. The first-order valence-corrected chi connectivity index (χ1v) is 11.3. The summed E-state index contributed by atoms with van der Waals surface area (Å²) < 4.78 is 13.3. The van der Waals surface area contributed by atoms with E-state index in [-0.39, 0.29) is 11.5 Å². The molecule has 1 saturated heterocycles. The molecule has 0 spiro atoms. The Morgan fingerprint density at radius 1 is 0.968 bits per heavy atom. The predicted octanol–water partition coefficient (Wildman–Crippen LogP) is 4.70. The van der Waals surface area contributed by atoms with Gasteiger partial charge in [-0.05, 0) is 54.8 Å². The van der Waals surface area contributed by atoms with Crippen molar-refractivity contribution < 1.29 is 14.0 Å². The molecule has 2 amide bonds. The first-order valence-electron chi connectivity index (χ1n) is 11.3. The molecule has 0 unspecified atom stereocenters. The van der Waals surface area contributed by atoms with Crippen molar-refractivity contribution in [3.63, 3.8) is 0 Å². The van der Waals surface area contributed by atoms with Crippen molar-refractivity contribution in [3.05, 3.63) is 59.9 Å². The van der Waals surface area contributed by atoms with Crippen LogP contribution in [0, 0.1) is 11.7 Å². The summed E-state index contributed by atoms with van der Waals surface area (Å²) in [6.07, 6.45) is 6.96. The highest BCUT2D eigenvalue weighted by atomic mass is 19.1. The Bertz CT molecular complexity index is 901. The summed E-state index contributed by atoms with van der Waals surface area (Å²) >= 11 is 0. The van der Waals surface area contributed by atoms with Crippen molar-refractivity contribution in [1.29, 1.82) is 0 Å². The number of carbonyl (C=O) groups is 2. The number of rotatable bonds is 6. The van der Waals surface area contributed by atoms with Gasteiger partial charge in [-0.2, -0.15) is 0 Å². The van der Waals surface area contributed by atoms with E-state index in [4.69, 9.17) is 0 Å². The second kappa shape index (κ2) is 9.94. The van der Waals surface area contributed by atoms with E-state index in [1.807, 2.05) is 29.2 Å². The number of amides is 2. The third-order valence-electron chi connectivity index (χ3n) is 6.45. The van der Waals surface area contributed by atoms with E-state index in [2.05, 4.69) is 10.2 Å². The number of nitrogens with zero attached hydrogens (tertiary/aromatic N) is 2. The standard InChI is InChI=1S/C25H30FN3O2/c26-21-7-3-6-20(18-21)25(31)27-22-9-11-23(12-10-22)28-14-16-29(17-15-28)24(30)13-8-19-4-1-2-5-19/h3,6-7,9-12,18-19H,1-2,4-5,8,13-17H2,(H,27,31). The zero-order chi connectivity index (χ0) is 21.6. The highest BCUT2D eigenvalue weighted by Gasteiger charge is 2.23. The molecule has 0 aromatic heterocycles. The molecule has 1 aliphatic carbocycles. The summed E-state index contributed by atoms with van der Waals surface area (Å²) in [5.41, 5.74) is 2.03. The summed E-state index contributed by atoms with van der Waals surface area (Å²) in [7, 11) is 0. The molecule has 1 heterocycles. The van der Waals surface area contributed by atoms with Crippen molar-refractivity contribution in [2.24, 2.45) is 5.92 Å². The summed E-state index contributed by atoms with van der Waals surface area (Å²) in [6, 6.07) is 13.3. The van der Waals surface area contributed by atoms with Crippen LogP contribution in [0.2, 0.25) is 0 Å². The normalized spacial score (nSPS) is 17.1. The van der Waals surface area contributed by atoms with Crippen LogP contribution in [0.3, 0.4) is 0 Å². The Labute approximate surface area is 183 Å². The lowest BCUT2D eigenvalue weighted by molar-refractivity contribution is -0.131. The molecule has 164 valence electrons. The van der Waals surface area contributed by atoms with E-state index < -0.39 is 5.82 Å². The van der Waals surface area contributed by atoms with E-state index >= 15 is 0 Å². The number of hydrogen-bond donors (Lipinski definition) is 1. The number of piperazine rings is 1. The minimum absolute atomic E-state index is 0.290. The van der Waals surface area contributed by atoms with Crippen LogP contribution in [-0.4, -0.2) is 42.9 Å². The molecule has 31 heavy (non-hydrogen) atoms. The van der Waals surface area contributed by atoms with Gasteiger partial charge >= 0.3 is 0 Å². The smallest absolute Gasteiger partial charge is 0.255 e. The summed E-state index contributed by atoms with van der Waals surface area (Å²) in [6.45, 7) is 3.12. The number of benzene rings is 2. The predicted molar refractivity (Wildman–Crippen MR) is 121 cm³/mol. The molecule has 2 aromatic rings. The second-order valence-electron chi connectivity index (χ2n) is 8.57. The van der Waals surface area contributed by atoms with Crippen molar-refractivity contribution in [2.75, 3.05) is 36.4 Å². The molecule has 0 radical (unpaired) electrons. The van der Waals surface area contributed by atoms with Gasteiger partial charge in [0, 0.05) is 49.5 Å². The van der Waals surface area contributed by atoms with Gasteiger partial charge in [-0.15, -0.1) is 0 Å². The lowest BCUT2D eigenvalue weighted by Gasteiger charge is -2.36. The van der Waals surface area contributed by atoms with Crippen LogP contribution in [0.25, 0.3) is 0 Å². The van der Waals surface area contributed by atoms with Crippen LogP contribution in [0.1, 0.15) is 48.9 Å². The molecule has 1 aliphatic heterocycles. The highest BCUT2D eigenvalue weighted by Crippen LogP contribution is 2.29. The van der Waals surface area contributed by atoms with E-state index in [9.17, 15) is 14.0 Å². The lowest BCUT2D eigenvalue weighted by Crippen LogP contribution is -2.48. The quantitative estimate of drug-likeness (QED) is 0.733. The van der Waals surface area contributed by atoms with Gasteiger partial charge in [0.1, 0.15) is 5.82 Å². The molecule has 2 fully saturated rings. The van der Waals surface area contributed by atoms with Crippen LogP contribution in [-0.2, 0) is 4.79 Å². The summed E-state index contributed by atoms with van der Waals surface area (Å²) in [5.74, 6) is 0.281. The maximum atomic E-state index is 13.3. The van der Waals surface area contributed by atoms with Gasteiger partial charge in [-0.3, -0.25) is 9.59 Å². The largest absolute Gasteiger partial charge is 0.368 e.